The number of nitrogens with zero attached hydrogens (tertiary/aromatic N) is 5. The highest BCUT2D eigenvalue weighted by Gasteiger charge is 2.29. The summed E-state index contributed by atoms with van der Waals surface area (Å²) in [7, 11) is 4.46. The maximum atomic E-state index is 12.7. The molecule has 3 aromatic rings. The number of hydroxylamine groups is 2. The van der Waals surface area contributed by atoms with Gasteiger partial charge in [0.15, 0.2) is 5.65 Å². The highest BCUT2D eigenvalue weighted by molar-refractivity contribution is 5.92. The Bertz CT molecular complexity index is 1260. The van der Waals surface area contributed by atoms with Gasteiger partial charge in [0.2, 0.25) is 5.82 Å². The molecular formula is C24H25N5O4. The largest absolute Gasteiger partial charge is 0.359 e. The molecular weight excluding hydrogens is 422 g/mol. The zero-order chi connectivity index (χ0) is 23.5. The number of hydrogen-bond acceptors (Lipinski definition) is 7. The number of carbonyl (C=O) groups is 1. The molecule has 1 aromatic carbocycles. The molecule has 2 heterocycles. The summed E-state index contributed by atoms with van der Waals surface area (Å²) in [5.74, 6) is -0.552. The standard InChI is InChI=1S/C24H25N5O4/c1-15-19(13-25)23-26-22(24(30)28(2)32-4)27-29(23)21(20(15)16-8-6-5-7-9-16)17-10-11-18(12-17)33-14-31-3/h5-9,12,18H,10-11,14H2,1-4H3. The number of methoxy groups -OCH3 is 1. The molecule has 33 heavy (non-hydrogen) atoms. The first-order chi connectivity index (χ1) is 16.0. The van der Waals surface area contributed by atoms with Crippen molar-refractivity contribution in [3.63, 3.8) is 0 Å². The molecule has 1 aliphatic rings. The third kappa shape index (κ3) is 4.12. The second kappa shape index (κ2) is 9.50. The van der Waals surface area contributed by atoms with Crippen LogP contribution in [0.15, 0.2) is 36.4 Å². The molecule has 0 fully saturated rings. The first kappa shape index (κ1) is 22.6. The van der Waals surface area contributed by atoms with Gasteiger partial charge in [-0.3, -0.25) is 9.63 Å². The maximum absolute atomic E-state index is 12.7. The van der Waals surface area contributed by atoms with Gasteiger partial charge in [0.1, 0.15) is 18.4 Å². The lowest BCUT2D eigenvalue weighted by Crippen LogP contribution is -2.26. The van der Waals surface area contributed by atoms with Crippen molar-refractivity contribution in [3.05, 3.63) is 59.1 Å². The molecule has 9 nitrogen and oxygen atoms in total. The monoisotopic (exact) mass is 447 g/mol. The van der Waals surface area contributed by atoms with Crippen LogP contribution in [0.3, 0.4) is 0 Å². The molecule has 1 amide bonds. The van der Waals surface area contributed by atoms with Crippen molar-refractivity contribution < 1.29 is 19.1 Å². The van der Waals surface area contributed by atoms with Crippen LogP contribution in [-0.4, -0.2) is 59.7 Å². The summed E-state index contributed by atoms with van der Waals surface area (Å²) < 4.78 is 12.4. The summed E-state index contributed by atoms with van der Waals surface area (Å²) in [4.78, 5) is 22.2. The van der Waals surface area contributed by atoms with Gasteiger partial charge >= 0.3 is 5.91 Å². The molecule has 1 unspecified atom stereocenters. The Hall–Kier alpha value is -3.58. The topological polar surface area (TPSA) is 102 Å². The average Bonchev–Trinajstić information content (AvgIpc) is 3.49. The molecule has 2 aromatic heterocycles. The number of fused-ring (bicyclic) bond motifs is 1. The Morgan fingerprint density at radius 3 is 2.73 bits per heavy atom. The van der Waals surface area contributed by atoms with Crippen LogP contribution in [0.2, 0.25) is 0 Å². The summed E-state index contributed by atoms with van der Waals surface area (Å²) in [6, 6.07) is 12.1. The zero-order valence-corrected chi connectivity index (χ0v) is 19.0. The number of aromatic nitrogens is 3. The van der Waals surface area contributed by atoms with Crippen molar-refractivity contribution >= 4 is 17.1 Å². The molecule has 0 saturated carbocycles. The molecule has 0 aliphatic heterocycles. The van der Waals surface area contributed by atoms with Crippen LogP contribution in [0.4, 0.5) is 0 Å². The zero-order valence-electron chi connectivity index (χ0n) is 19.0. The van der Waals surface area contributed by atoms with Gasteiger partial charge in [-0.15, -0.1) is 5.10 Å². The SMILES string of the molecule is COCOC1C=C(c2c(-c3ccccc3)c(C)c(C#N)c3nc(C(=O)N(C)OC)nn23)CC1. The van der Waals surface area contributed by atoms with E-state index in [1.807, 2.05) is 37.3 Å². The Morgan fingerprint density at radius 2 is 2.06 bits per heavy atom. The lowest BCUT2D eigenvalue weighted by Gasteiger charge is -2.17. The Balaban J connectivity index is 2.01. The van der Waals surface area contributed by atoms with E-state index in [-0.39, 0.29) is 18.7 Å². The number of nitriles is 1. The third-order valence-electron chi connectivity index (χ3n) is 5.74. The predicted molar refractivity (Wildman–Crippen MR) is 121 cm³/mol. The van der Waals surface area contributed by atoms with Gasteiger partial charge in [-0.2, -0.15) is 5.26 Å². The predicted octanol–water partition coefficient (Wildman–Crippen LogP) is 3.38. The molecule has 0 bridgehead atoms. The van der Waals surface area contributed by atoms with E-state index in [1.54, 1.807) is 11.6 Å². The average molecular weight is 447 g/mol. The van der Waals surface area contributed by atoms with Crippen LogP contribution in [0.1, 0.15) is 40.3 Å². The Labute approximate surface area is 191 Å². The lowest BCUT2D eigenvalue weighted by molar-refractivity contribution is -0.0764. The minimum absolute atomic E-state index is 0.0486. The first-order valence-corrected chi connectivity index (χ1v) is 10.5. The molecule has 0 radical (unpaired) electrons. The number of hydrogen-bond donors (Lipinski definition) is 0. The van der Waals surface area contributed by atoms with E-state index in [0.29, 0.717) is 11.2 Å². The van der Waals surface area contributed by atoms with Gasteiger partial charge in [0.25, 0.3) is 0 Å². The number of ether oxygens (including phenoxy) is 2. The molecule has 0 spiro atoms. The molecule has 1 aliphatic carbocycles. The summed E-state index contributed by atoms with van der Waals surface area (Å²) >= 11 is 0. The number of allylic oxidation sites excluding steroid dienone is 1. The highest BCUT2D eigenvalue weighted by Crippen LogP contribution is 2.39. The molecule has 9 heteroatoms. The highest BCUT2D eigenvalue weighted by atomic mass is 16.7. The van der Waals surface area contributed by atoms with E-state index < -0.39 is 5.91 Å². The molecule has 4 rings (SSSR count). The lowest BCUT2D eigenvalue weighted by atomic mass is 9.92. The Morgan fingerprint density at radius 1 is 1.30 bits per heavy atom. The smallest absolute Gasteiger partial charge is 0.316 e. The van der Waals surface area contributed by atoms with Gasteiger partial charge in [0.05, 0.1) is 18.9 Å². The normalized spacial score (nSPS) is 15.5. The van der Waals surface area contributed by atoms with Crippen LogP contribution in [0, 0.1) is 18.3 Å². The van der Waals surface area contributed by atoms with Crippen molar-refractivity contribution in [2.24, 2.45) is 0 Å². The molecule has 1 atom stereocenters. The van der Waals surface area contributed by atoms with E-state index in [4.69, 9.17) is 14.3 Å². The van der Waals surface area contributed by atoms with Crippen molar-refractivity contribution in [3.8, 4) is 17.2 Å². The van der Waals surface area contributed by atoms with Crippen molar-refractivity contribution in [1.82, 2.24) is 19.7 Å². The van der Waals surface area contributed by atoms with Crippen LogP contribution in [0.25, 0.3) is 22.3 Å². The van der Waals surface area contributed by atoms with Gasteiger partial charge in [-0.1, -0.05) is 36.4 Å². The summed E-state index contributed by atoms with van der Waals surface area (Å²) in [6.45, 7) is 2.10. The third-order valence-corrected chi connectivity index (χ3v) is 5.74. The number of amides is 1. The number of rotatable bonds is 7. The second-order valence-corrected chi connectivity index (χ2v) is 7.70. The minimum atomic E-state index is -0.503. The fourth-order valence-corrected chi connectivity index (χ4v) is 4.08. The van der Waals surface area contributed by atoms with Crippen molar-refractivity contribution in [2.75, 3.05) is 28.1 Å². The summed E-state index contributed by atoms with van der Waals surface area (Å²) in [5.41, 5.74) is 5.11. The number of pyridine rings is 1. The second-order valence-electron chi connectivity index (χ2n) is 7.70. The molecule has 0 saturated heterocycles. The van der Waals surface area contributed by atoms with Gasteiger partial charge in [0, 0.05) is 19.7 Å². The van der Waals surface area contributed by atoms with E-state index >= 15 is 0 Å². The van der Waals surface area contributed by atoms with E-state index in [0.717, 1.165) is 45.9 Å². The van der Waals surface area contributed by atoms with Crippen molar-refractivity contribution in [2.45, 2.75) is 25.9 Å². The van der Waals surface area contributed by atoms with Gasteiger partial charge in [-0.05, 0) is 36.5 Å². The van der Waals surface area contributed by atoms with Crippen LogP contribution >= 0.6 is 0 Å². The van der Waals surface area contributed by atoms with Crippen LogP contribution < -0.4 is 0 Å². The van der Waals surface area contributed by atoms with E-state index in [1.165, 1.54) is 14.2 Å². The van der Waals surface area contributed by atoms with Gasteiger partial charge < -0.3 is 9.47 Å². The number of benzene rings is 1. The van der Waals surface area contributed by atoms with E-state index in [9.17, 15) is 10.1 Å². The summed E-state index contributed by atoms with van der Waals surface area (Å²) in [5, 5.41) is 15.6. The van der Waals surface area contributed by atoms with Gasteiger partial charge in [-0.25, -0.2) is 14.6 Å². The first-order valence-electron chi connectivity index (χ1n) is 10.5. The fraction of sp³-hybridized carbons (Fsp3) is 0.333. The minimum Gasteiger partial charge on any atom is -0.359 e. The number of carbonyl (C=O) groups excluding carboxylic acids is 1. The van der Waals surface area contributed by atoms with Crippen LogP contribution in [-0.2, 0) is 14.3 Å². The maximum Gasteiger partial charge on any atom is 0.316 e. The summed E-state index contributed by atoms with van der Waals surface area (Å²) in [6.07, 6.45) is 3.49. The van der Waals surface area contributed by atoms with Crippen LogP contribution in [0.5, 0.6) is 0 Å². The molecule has 0 N–H and O–H groups in total. The Kier molecular flexibility index (Phi) is 6.51. The fourth-order valence-electron chi connectivity index (χ4n) is 4.08. The van der Waals surface area contributed by atoms with E-state index in [2.05, 4.69) is 22.2 Å². The molecule has 170 valence electrons. The quantitative estimate of drug-likeness (QED) is 0.404. The van der Waals surface area contributed by atoms with Crippen molar-refractivity contribution in [1.29, 1.82) is 5.26 Å².